The Morgan fingerprint density at radius 3 is 2.15 bits per heavy atom. The SMILES string of the molecule is CC(C)N1C(C(C)(C)C)OC[C@H]1C. The lowest BCUT2D eigenvalue weighted by atomic mass is 9.92. The van der Waals surface area contributed by atoms with Gasteiger partial charge in [0.05, 0.1) is 6.61 Å². The van der Waals surface area contributed by atoms with Crippen molar-refractivity contribution in [2.24, 2.45) is 5.41 Å². The lowest BCUT2D eigenvalue weighted by Gasteiger charge is -2.37. The highest BCUT2D eigenvalue weighted by Gasteiger charge is 2.40. The summed E-state index contributed by atoms with van der Waals surface area (Å²) in [5.74, 6) is 0. The topological polar surface area (TPSA) is 12.5 Å². The first-order chi connectivity index (χ1) is 5.84. The van der Waals surface area contributed by atoms with E-state index in [9.17, 15) is 0 Å². The average Bonchev–Trinajstić information content (AvgIpc) is 2.28. The van der Waals surface area contributed by atoms with Gasteiger partial charge in [0.1, 0.15) is 6.23 Å². The highest BCUT2D eigenvalue weighted by atomic mass is 16.5. The molecule has 0 saturated carbocycles. The van der Waals surface area contributed by atoms with Crippen molar-refractivity contribution in [2.75, 3.05) is 6.61 Å². The molecule has 2 nitrogen and oxygen atoms in total. The van der Waals surface area contributed by atoms with E-state index in [2.05, 4.69) is 46.4 Å². The first kappa shape index (κ1) is 11.0. The normalized spacial score (nSPS) is 31.6. The molecule has 1 heterocycles. The molecule has 1 rings (SSSR count). The first-order valence-corrected chi connectivity index (χ1v) is 5.23. The van der Waals surface area contributed by atoms with Crippen molar-refractivity contribution in [1.29, 1.82) is 0 Å². The summed E-state index contributed by atoms with van der Waals surface area (Å²) in [6.45, 7) is 14.3. The molecule has 2 heteroatoms. The van der Waals surface area contributed by atoms with E-state index in [4.69, 9.17) is 4.74 Å². The number of rotatable bonds is 1. The Morgan fingerprint density at radius 1 is 1.31 bits per heavy atom. The van der Waals surface area contributed by atoms with E-state index in [0.29, 0.717) is 12.1 Å². The molecule has 0 spiro atoms. The lowest BCUT2D eigenvalue weighted by Crippen LogP contribution is -2.46. The minimum absolute atomic E-state index is 0.217. The summed E-state index contributed by atoms with van der Waals surface area (Å²) in [5, 5.41) is 0. The molecule has 0 amide bonds. The quantitative estimate of drug-likeness (QED) is 0.622. The zero-order chi connectivity index (χ0) is 10.2. The van der Waals surface area contributed by atoms with Crippen molar-refractivity contribution in [3.63, 3.8) is 0 Å². The first-order valence-electron chi connectivity index (χ1n) is 5.23. The standard InChI is InChI=1S/C11H23NO/c1-8(2)12-9(3)7-13-10(12)11(4,5)6/h8-10H,7H2,1-6H3/t9-,10?/m1/s1. The Bertz CT molecular complexity index is 171. The monoisotopic (exact) mass is 185 g/mol. The molecular weight excluding hydrogens is 162 g/mol. The maximum Gasteiger partial charge on any atom is 0.116 e. The van der Waals surface area contributed by atoms with Crippen LogP contribution >= 0.6 is 0 Å². The molecule has 0 aromatic carbocycles. The maximum absolute atomic E-state index is 5.83. The van der Waals surface area contributed by atoms with Gasteiger partial charge < -0.3 is 4.74 Å². The van der Waals surface area contributed by atoms with Gasteiger partial charge in [-0.15, -0.1) is 0 Å². The van der Waals surface area contributed by atoms with E-state index >= 15 is 0 Å². The number of hydrogen-bond donors (Lipinski definition) is 0. The third-order valence-electron chi connectivity index (χ3n) is 2.61. The largest absolute Gasteiger partial charge is 0.361 e. The van der Waals surface area contributed by atoms with Gasteiger partial charge >= 0.3 is 0 Å². The summed E-state index contributed by atoms with van der Waals surface area (Å²) >= 11 is 0. The van der Waals surface area contributed by atoms with Crippen molar-refractivity contribution in [1.82, 2.24) is 4.90 Å². The van der Waals surface area contributed by atoms with E-state index in [0.717, 1.165) is 6.61 Å². The van der Waals surface area contributed by atoms with Crippen molar-refractivity contribution < 1.29 is 4.74 Å². The van der Waals surface area contributed by atoms with Crippen LogP contribution in [0.25, 0.3) is 0 Å². The molecule has 0 bridgehead atoms. The molecule has 0 radical (unpaired) electrons. The van der Waals surface area contributed by atoms with Gasteiger partial charge in [0.2, 0.25) is 0 Å². The molecule has 13 heavy (non-hydrogen) atoms. The summed E-state index contributed by atoms with van der Waals surface area (Å²) in [5.41, 5.74) is 0.217. The minimum atomic E-state index is 0.217. The average molecular weight is 185 g/mol. The van der Waals surface area contributed by atoms with Gasteiger partial charge in [-0.05, 0) is 20.8 Å². The fourth-order valence-corrected chi connectivity index (χ4v) is 2.11. The molecule has 1 fully saturated rings. The van der Waals surface area contributed by atoms with Crippen LogP contribution in [0.3, 0.4) is 0 Å². The Morgan fingerprint density at radius 2 is 1.85 bits per heavy atom. The fourth-order valence-electron chi connectivity index (χ4n) is 2.11. The Kier molecular flexibility index (Phi) is 3.03. The van der Waals surface area contributed by atoms with Gasteiger partial charge in [0, 0.05) is 17.5 Å². The molecule has 0 aliphatic carbocycles. The molecule has 1 aliphatic rings. The highest BCUT2D eigenvalue weighted by molar-refractivity contribution is 4.86. The predicted molar refractivity (Wildman–Crippen MR) is 55.6 cm³/mol. The molecule has 1 aliphatic heterocycles. The molecular formula is C11H23NO. The van der Waals surface area contributed by atoms with E-state index in [-0.39, 0.29) is 11.6 Å². The number of nitrogens with zero attached hydrogens (tertiary/aromatic N) is 1. The van der Waals surface area contributed by atoms with Crippen LogP contribution in [-0.2, 0) is 4.74 Å². The predicted octanol–water partition coefficient (Wildman–Crippen LogP) is 2.49. The van der Waals surface area contributed by atoms with Crippen LogP contribution in [-0.4, -0.2) is 29.8 Å². The summed E-state index contributed by atoms with van der Waals surface area (Å²) in [7, 11) is 0. The third kappa shape index (κ3) is 2.23. The second kappa shape index (κ2) is 3.58. The van der Waals surface area contributed by atoms with Crippen LogP contribution in [0.5, 0.6) is 0 Å². The van der Waals surface area contributed by atoms with Gasteiger partial charge in [0.25, 0.3) is 0 Å². The summed E-state index contributed by atoms with van der Waals surface area (Å²) in [6.07, 6.45) is 0.280. The van der Waals surface area contributed by atoms with Crippen LogP contribution < -0.4 is 0 Å². The molecule has 0 N–H and O–H groups in total. The van der Waals surface area contributed by atoms with E-state index in [1.165, 1.54) is 0 Å². The molecule has 0 aromatic heterocycles. The molecule has 2 atom stereocenters. The number of hydrogen-bond acceptors (Lipinski definition) is 2. The van der Waals surface area contributed by atoms with Gasteiger partial charge in [-0.25, -0.2) is 0 Å². The van der Waals surface area contributed by atoms with Crippen LogP contribution in [0.15, 0.2) is 0 Å². The second-order valence-corrected chi connectivity index (χ2v) is 5.44. The van der Waals surface area contributed by atoms with Crippen molar-refractivity contribution in [3.8, 4) is 0 Å². The number of ether oxygens (including phenoxy) is 1. The maximum atomic E-state index is 5.83. The molecule has 0 aromatic rings. The van der Waals surface area contributed by atoms with Gasteiger partial charge in [-0.3, -0.25) is 4.90 Å². The van der Waals surface area contributed by atoms with Crippen LogP contribution in [0, 0.1) is 5.41 Å². The van der Waals surface area contributed by atoms with Crippen LogP contribution in [0.2, 0.25) is 0 Å². The third-order valence-corrected chi connectivity index (χ3v) is 2.61. The lowest BCUT2D eigenvalue weighted by molar-refractivity contribution is -0.0599. The minimum Gasteiger partial charge on any atom is -0.361 e. The Labute approximate surface area is 82.3 Å². The molecule has 78 valence electrons. The summed E-state index contributed by atoms with van der Waals surface area (Å²) in [4.78, 5) is 2.47. The molecule has 1 saturated heterocycles. The van der Waals surface area contributed by atoms with E-state index in [1.54, 1.807) is 0 Å². The second-order valence-electron chi connectivity index (χ2n) is 5.44. The molecule has 1 unspecified atom stereocenters. The highest BCUT2D eigenvalue weighted by Crippen LogP contribution is 2.32. The van der Waals surface area contributed by atoms with Gasteiger partial charge in [-0.2, -0.15) is 0 Å². The summed E-state index contributed by atoms with van der Waals surface area (Å²) < 4.78 is 5.83. The van der Waals surface area contributed by atoms with Crippen molar-refractivity contribution in [3.05, 3.63) is 0 Å². The van der Waals surface area contributed by atoms with Gasteiger partial charge in [0.15, 0.2) is 0 Å². The van der Waals surface area contributed by atoms with E-state index < -0.39 is 0 Å². The van der Waals surface area contributed by atoms with Crippen LogP contribution in [0.4, 0.5) is 0 Å². The van der Waals surface area contributed by atoms with E-state index in [1.807, 2.05) is 0 Å². The van der Waals surface area contributed by atoms with Crippen molar-refractivity contribution in [2.45, 2.75) is 59.9 Å². The zero-order valence-electron chi connectivity index (χ0n) is 9.79. The van der Waals surface area contributed by atoms with Gasteiger partial charge in [-0.1, -0.05) is 20.8 Å². The Hall–Kier alpha value is -0.0800. The van der Waals surface area contributed by atoms with Crippen LogP contribution in [0.1, 0.15) is 41.5 Å². The zero-order valence-corrected chi connectivity index (χ0v) is 9.79. The summed E-state index contributed by atoms with van der Waals surface area (Å²) in [6, 6.07) is 1.13. The smallest absolute Gasteiger partial charge is 0.116 e. The Balaban J connectivity index is 2.76. The fraction of sp³-hybridized carbons (Fsp3) is 1.00. The van der Waals surface area contributed by atoms with Crippen molar-refractivity contribution >= 4 is 0 Å².